The Kier molecular flexibility index (Phi) is 3.66. The second-order valence-corrected chi connectivity index (χ2v) is 5.19. The maximum atomic E-state index is 13.3. The van der Waals surface area contributed by atoms with Gasteiger partial charge < -0.3 is 0 Å². The largest absolute Gasteiger partial charge is 0.461 e. The standard InChI is InChI=1S/C11H5BrClF5N2/c1-4-6(12)3-2-5-7(4)19-9(20-8(5)13)10(14,15)11(16,17)18/h2-3H,1H3. The second-order valence-electron chi connectivity index (χ2n) is 3.98. The highest BCUT2D eigenvalue weighted by Gasteiger charge is 2.61. The number of alkyl halides is 5. The average Bonchev–Trinajstić information content (AvgIpc) is 2.32. The lowest BCUT2D eigenvalue weighted by atomic mass is 10.1. The Morgan fingerprint density at radius 1 is 1.10 bits per heavy atom. The van der Waals surface area contributed by atoms with Crippen molar-refractivity contribution < 1.29 is 22.0 Å². The number of benzene rings is 1. The molecular formula is C11H5BrClF5N2. The summed E-state index contributed by atoms with van der Waals surface area (Å²) in [6, 6.07) is 3.01. The number of aryl methyl sites for hydroxylation is 1. The van der Waals surface area contributed by atoms with Gasteiger partial charge in [0.05, 0.1) is 5.52 Å². The first-order valence-electron chi connectivity index (χ1n) is 5.13. The number of fused-ring (bicyclic) bond motifs is 1. The summed E-state index contributed by atoms with van der Waals surface area (Å²) < 4.78 is 64.1. The monoisotopic (exact) mass is 374 g/mol. The van der Waals surface area contributed by atoms with Crippen LogP contribution in [0.15, 0.2) is 16.6 Å². The van der Waals surface area contributed by atoms with Gasteiger partial charge in [0, 0.05) is 9.86 Å². The van der Waals surface area contributed by atoms with E-state index < -0.39 is 23.1 Å². The van der Waals surface area contributed by atoms with Gasteiger partial charge in [0.15, 0.2) is 0 Å². The molecule has 0 aliphatic rings. The second kappa shape index (κ2) is 4.77. The fourth-order valence-corrected chi connectivity index (χ4v) is 2.09. The first-order chi connectivity index (χ1) is 9.05. The number of hydrogen-bond donors (Lipinski definition) is 0. The van der Waals surface area contributed by atoms with Crippen LogP contribution in [0.5, 0.6) is 0 Å². The molecule has 0 bridgehead atoms. The molecule has 0 N–H and O–H groups in total. The third-order valence-electron chi connectivity index (χ3n) is 2.65. The topological polar surface area (TPSA) is 25.8 Å². The molecule has 2 nitrogen and oxygen atoms in total. The highest BCUT2D eigenvalue weighted by molar-refractivity contribution is 9.10. The molecule has 1 aromatic heterocycles. The lowest BCUT2D eigenvalue weighted by Gasteiger charge is -2.19. The minimum atomic E-state index is -5.79. The smallest absolute Gasteiger partial charge is 0.226 e. The van der Waals surface area contributed by atoms with Crippen LogP contribution >= 0.6 is 27.5 Å². The van der Waals surface area contributed by atoms with E-state index in [4.69, 9.17) is 11.6 Å². The lowest BCUT2D eigenvalue weighted by molar-refractivity contribution is -0.292. The summed E-state index contributed by atoms with van der Waals surface area (Å²) in [4.78, 5) is 6.42. The van der Waals surface area contributed by atoms with Crippen LogP contribution in [0.25, 0.3) is 10.9 Å². The zero-order valence-electron chi connectivity index (χ0n) is 9.69. The predicted molar refractivity (Wildman–Crippen MR) is 66.9 cm³/mol. The molecule has 0 saturated heterocycles. The molecule has 0 fully saturated rings. The van der Waals surface area contributed by atoms with Gasteiger partial charge in [-0.3, -0.25) is 0 Å². The summed E-state index contributed by atoms with van der Waals surface area (Å²) >= 11 is 8.82. The van der Waals surface area contributed by atoms with Crippen molar-refractivity contribution in [1.82, 2.24) is 9.97 Å². The van der Waals surface area contributed by atoms with Crippen molar-refractivity contribution in [3.63, 3.8) is 0 Å². The molecule has 0 unspecified atom stereocenters. The SMILES string of the molecule is Cc1c(Br)ccc2c(Cl)nc(C(F)(F)C(F)(F)F)nc12. The minimum Gasteiger partial charge on any atom is -0.226 e. The normalized spacial score (nSPS) is 13.0. The predicted octanol–water partition coefficient (Wildman–Crippen LogP) is 5.01. The van der Waals surface area contributed by atoms with Gasteiger partial charge in [-0.1, -0.05) is 27.5 Å². The van der Waals surface area contributed by atoms with E-state index in [1.807, 2.05) is 0 Å². The van der Waals surface area contributed by atoms with Gasteiger partial charge >= 0.3 is 12.1 Å². The summed E-state index contributed by atoms with van der Waals surface area (Å²) in [7, 11) is 0. The molecule has 0 amide bonds. The molecule has 0 atom stereocenters. The van der Waals surface area contributed by atoms with E-state index in [1.165, 1.54) is 13.0 Å². The third kappa shape index (κ3) is 2.35. The van der Waals surface area contributed by atoms with E-state index >= 15 is 0 Å². The van der Waals surface area contributed by atoms with Crippen LogP contribution < -0.4 is 0 Å². The van der Waals surface area contributed by atoms with Crippen molar-refractivity contribution in [3.05, 3.63) is 33.1 Å². The van der Waals surface area contributed by atoms with Crippen LogP contribution in [-0.4, -0.2) is 16.1 Å². The first-order valence-corrected chi connectivity index (χ1v) is 6.30. The first kappa shape index (κ1) is 15.4. The number of halogens is 7. The average molecular weight is 376 g/mol. The quantitative estimate of drug-likeness (QED) is 0.517. The Labute approximate surface area is 123 Å². The van der Waals surface area contributed by atoms with Gasteiger partial charge in [-0.15, -0.1) is 0 Å². The maximum Gasteiger partial charge on any atom is 0.461 e. The van der Waals surface area contributed by atoms with Crippen LogP contribution in [0.1, 0.15) is 11.4 Å². The number of hydrogen-bond acceptors (Lipinski definition) is 2. The van der Waals surface area contributed by atoms with Gasteiger partial charge in [0.25, 0.3) is 0 Å². The van der Waals surface area contributed by atoms with Crippen LogP contribution in [0.4, 0.5) is 22.0 Å². The molecule has 0 radical (unpaired) electrons. The van der Waals surface area contributed by atoms with Crippen LogP contribution in [0, 0.1) is 6.92 Å². The molecule has 9 heteroatoms. The van der Waals surface area contributed by atoms with Crippen molar-refractivity contribution in [2.24, 2.45) is 0 Å². The molecule has 2 aromatic rings. The summed E-state index contributed by atoms with van der Waals surface area (Å²) in [5, 5.41) is -0.251. The van der Waals surface area contributed by atoms with Crippen molar-refractivity contribution in [3.8, 4) is 0 Å². The van der Waals surface area contributed by atoms with Crippen molar-refractivity contribution in [2.45, 2.75) is 19.0 Å². The van der Waals surface area contributed by atoms with Crippen molar-refractivity contribution in [2.75, 3.05) is 0 Å². The minimum absolute atomic E-state index is 0.0571. The van der Waals surface area contributed by atoms with Gasteiger partial charge in [-0.2, -0.15) is 22.0 Å². The number of aromatic nitrogens is 2. The Morgan fingerprint density at radius 3 is 2.25 bits per heavy atom. The van der Waals surface area contributed by atoms with Gasteiger partial charge in [0.2, 0.25) is 5.82 Å². The molecule has 108 valence electrons. The fraction of sp³-hybridized carbons (Fsp3) is 0.273. The molecule has 0 aliphatic heterocycles. The number of rotatable bonds is 1. The Hall–Kier alpha value is -1.02. The molecule has 2 rings (SSSR count). The lowest BCUT2D eigenvalue weighted by Crippen LogP contribution is -2.35. The molecular weight excluding hydrogens is 370 g/mol. The van der Waals surface area contributed by atoms with E-state index in [2.05, 4.69) is 25.9 Å². The zero-order chi connectivity index (χ0) is 15.3. The van der Waals surface area contributed by atoms with E-state index in [0.29, 0.717) is 10.0 Å². The summed E-state index contributed by atoms with van der Waals surface area (Å²) in [5.74, 6) is -6.83. The molecule has 0 saturated carbocycles. The molecule has 1 aromatic carbocycles. The number of nitrogens with zero attached hydrogens (tertiary/aromatic N) is 2. The van der Waals surface area contributed by atoms with E-state index in [9.17, 15) is 22.0 Å². The highest BCUT2D eigenvalue weighted by Crippen LogP contribution is 2.43. The zero-order valence-corrected chi connectivity index (χ0v) is 12.0. The molecule has 1 heterocycles. The maximum absolute atomic E-state index is 13.3. The van der Waals surface area contributed by atoms with Gasteiger partial charge in [-0.25, -0.2) is 9.97 Å². The Balaban J connectivity index is 2.79. The summed E-state index contributed by atoms with van der Waals surface area (Å²) in [5.41, 5.74) is 0.337. The molecule has 0 aliphatic carbocycles. The molecule has 0 spiro atoms. The van der Waals surface area contributed by atoms with E-state index in [-0.39, 0.29) is 10.9 Å². The van der Waals surface area contributed by atoms with Crippen LogP contribution in [0.3, 0.4) is 0 Å². The molecule has 20 heavy (non-hydrogen) atoms. The fourth-order valence-electron chi connectivity index (χ4n) is 1.54. The van der Waals surface area contributed by atoms with Gasteiger partial charge in [0.1, 0.15) is 5.15 Å². The Bertz CT molecular complexity index is 687. The summed E-state index contributed by atoms with van der Waals surface area (Å²) in [6.45, 7) is 1.52. The third-order valence-corrected chi connectivity index (χ3v) is 3.79. The van der Waals surface area contributed by atoms with E-state index in [0.717, 1.165) is 0 Å². The van der Waals surface area contributed by atoms with Gasteiger partial charge in [-0.05, 0) is 24.6 Å². The highest BCUT2D eigenvalue weighted by atomic mass is 79.9. The van der Waals surface area contributed by atoms with E-state index in [1.54, 1.807) is 6.07 Å². The van der Waals surface area contributed by atoms with Crippen LogP contribution in [-0.2, 0) is 5.92 Å². The Morgan fingerprint density at radius 2 is 1.70 bits per heavy atom. The van der Waals surface area contributed by atoms with Crippen LogP contribution in [0.2, 0.25) is 5.15 Å². The summed E-state index contributed by atoms with van der Waals surface area (Å²) in [6.07, 6.45) is -5.79. The van der Waals surface area contributed by atoms with Crippen molar-refractivity contribution >= 4 is 38.4 Å². The van der Waals surface area contributed by atoms with Crippen molar-refractivity contribution in [1.29, 1.82) is 0 Å².